The average Bonchev–Trinajstić information content (AvgIpc) is 3.21. The lowest BCUT2D eigenvalue weighted by atomic mass is 9.49. The van der Waals surface area contributed by atoms with Crippen LogP contribution in [-0.2, 0) is 12.5 Å². The Morgan fingerprint density at radius 3 is 2.42 bits per heavy atom. The standard InChI is InChI=1S/C20H23N3S/c1-22-4-2-3-16(22)17-12-24-19-21-18(11-23(17)19)20-8-13-5-14(9-20)7-15(6-13)10-20/h2-4,11-15H,5-10H2,1H3. The summed E-state index contributed by atoms with van der Waals surface area (Å²) in [5.74, 6) is 2.93. The zero-order valence-corrected chi connectivity index (χ0v) is 14.9. The summed E-state index contributed by atoms with van der Waals surface area (Å²) in [7, 11) is 2.12. The fraction of sp³-hybridized carbons (Fsp3) is 0.550. The molecule has 0 aliphatic heterocycles. The number of thiazole rings is 1. The monoisotopic (exact) mass is 337 g/mol. The van der Waals surface area contributed by atoms with Crippen LogP contribution in [0.4, 0.5) is 0 Å². The van der Waals surface area contributed by atoms with Crippen LogP contribution in [0.15, 0.2) is 29.9 Å². The van der Waals surface area contributed by atoms with E-state index in [0.717, 1.165) is 22.7 Å². The number of aryl methyl sites for hydroxylation is 1. The van der Waals surface area contributed by atoms with Gasteiger partial charge in [-0.05, 0) is 68.4 Å². The van der Waals surface area contributed by atoms with Crippen molar-refractivity contribution in [1.82, 2.24) is 14.0 Å². The summed E-state index contributed by atoms with van der Waals surface area (Å²) >= 11 is 1.78. The minimum absolute atomic E-state index is 0.395. The quantitative estimate of drug-likeness (QED) is 0.654. The second kappa shape index (κ2) is 4.54. The molecule has 0 N–H and O–H groups in total. The minimum atomic E-state index is 0.395. The number of aromatic nitrogens is 3. The Bertz CT molecular complexity index is 893. The predicted molar refractivity (Wildman–Crippen MR) is 97.3 cm³/mol. The summed E-state index contributed by atoms with van der Waals surface area (Å²) in [5, 5.41) is 2.25. The van der Waals surface area contributed by atoms with Crippen molar-refractivity contribution in [3.05, 3.63) is 35.6 Å². The van der Waals surface area contributed by atoms with Crippen molar-refractivity contribution in [3.63, 3.8) is 0 Å². The van der Waals surface area contributed by atoms with Crippen LogP contribution in [0.3, 0.4) is 0 Å². The van der Waals surface area contributed by atoms with Crippen LogP contribution in [0.2, 0.25) is 0 Å². The van der Waals surface area contributed by atoms with Gasteiger partial charge < -0.3 is 4.57 Å². The molecule has 4 aliphatic rings. The van der Waals surface area contributed by atoms with Gasteiger partial charge in [0.05, 0.1) is 17.1 Å². The number of imidazole rings is 1. The summed E-state index contributed by atoms with van der Waals surface area (Å²) in [6.45, 7) is 0. The molecule has 3 aromatic rings. The zero-order chi connectivity index (χ0) is 15.9. The van der Waals surface area contributed by atoms with Crippen molar-refractivity contribution < 1.29 is 0 Å². The van der Waals surface area contributed by atoms with E-state index in [4.69, 9.17) is 4.98 Å². The molecule has 4 saturated carbocycles. The van der Waals surface area contributed by atoms with E-state index in [2.05, 4.69) is 45.9 Å². The largest absolute Gasteiger partial charge is 0.349 e. The third-order valence-corrected chi connectivity index (χ3v) is 7.84. The molecule has 124 valence electrons. The van der Waals surface area contributed by atoms with E-state index < -0.39 is 0 Å². The maximum Gasteiger partial charge on any atom is 0.194 e. The van der Waals surface area contributed by atoms with Gasteiger partial charge in [-0.25, -0.2) is 4.98 Å². The molecule has 0 aromatic carbocycles. The maximum atomic E-state index is 5.14. The van der Waals surface area contributed by atoms with Crippen molar-refractivity contribution in [2.45, 2.75) is 43.9 Å². The van der Waals surface area contributed by atoms with Gasteiger partial charge in [0.25, 0.3) is 0 Å². The van der Waals surface area contributed by atoms with Gasteiger partial charge in [-0.1, -0.05) is 0 Å². The molecule has 4 aliphatic carbocycles. The van der Waals surface area contributed by atoms with E-state index in [1.807, 2.05) is 0 Å². The fourth-order valence-corrected chi connectivity index (χ4v) is 7.24. The Kier molecular flexibility index (Phi) is 2.59. The second-order valence-electron chi connectivity index (χ2n) is 8.60. The van der Waals surface area contributed by atoms with Gasteiger partial charge in [0.1, 0.15) is 0 Å². The summed E-state index contributed by atoms with van der Waals surface area (Å²) in [4.78, 5) is 6.30. The third-order valence-electron chi connectivity index (χ3n) is 7.00. The number of fused-ring (bicyclic) bond motifs is 1. The molecule has 3 aromatic heterocycles. The van der Waals surface area contributed by atoms with Gasteiger partial charge in [0.2, 0.25) is 0 Å². The average molecular weight is 337 g/mol. The van der Waals surface area contributed by atoms with Crippen molar-refractivity contribution in [1.29, 1.82) is 0 Å². The summed E-state index contributed by atoms with van der Waals surface area (Å²) in [6.07, 6.45) is 13.2. The van der Waals surface area contributed by atoms with Crippen LogP contribution in [-0.4, -0.2) is 14.0 Å². The Morgan fingerprint density at radius 1 is 1.08 bits per heavy atom. The Hall–Kier alpha value is -1.55. The van der Waals surface area contributed by atoms with Gasteiger partial charge >= 0.3 is 0 Å². The van der Waals surface area contributed by atoms with Crippen LogP contribution in [0.25, 0.3) is 16.3 Å². The van der Waals surface area contributed by atoms with Crippen molar-refractivity contribution >= 4 is 16.3 Å². The molecule has 4 fully saturated rings. The molecule has 24 heavy (non-hydrogen) atoms. The lowest BCUT2D eigenvalue weighted by molar-refractivity contribution is -0.00696. The maximum absolute atomic E-state index is 5.14. The summed E-state index contributed by atoms with van der Waals surface area (Å²) in [5.41, 5.74) is 4.34. The molecule has 0 saturated heterocycles. The normalized spacial score (nSPS) is 34.5. The molecule has 0 amide bonds. The van der Waals surface area contributed by atoms with E-state index in [0.29, 0.717) is 5.41 Å². The second-order valence-corrected chi connectivity index (χ2v) is 9.44. The van der Waals surface area contributed by atoms with E-state index >= 15 is 0 Å². The molecule has 0 radical (unpaired) electrons. The number of rotatable bonds is 2. The Morgan fingerprint density at radius 2 is 1.79 bits per heavy atom. The fourth-order valence-electron chi connectivity index (χ4n) is 6.38. The van der Waals surface area contributed by atoms with E-state index in [1.165, 1.54) is 55.6 Å². The molecule has 4 bridgehead atoms. The van der Waals surface area contributed by atoms with Gasteiger partial charge in [0.15, 0.2) is 4.96 Å². The first-order valence-corrected chi connectivity index (χ1v) is 10.2. The van der Waals surface area contributed by atoms with Crippen molar-refractivity contribution in [2.24, 2.45) is 24.8 Å². The van der Waals surface area contributed by atoms with E-state index in [-0.39, 0.29) is 0 Å². The minimum Gasteiger partial charge on any atom is -0.349 e. The van der Waals surface area contributed by atoms with Crippen molar-refractivity contribution in [2.75, 3.05) is 0 Å². The molecule has 4 heteroatoms. The molecule has 0 unspecified atom stereocenters. The van der Waals surface area contributed by atoms with Crippen LogP contribution in [0, 0.1) is 17.8 Å². The lowest BCUT2D eigenvalue weighted by Crippen LogP contribution is -2.48. The SMILES string of the molecule is Cn1cccc1-c1csc2nc(C34CC5CC(CC(C5)C3)C4)cn12. The highest BCUT2D eigenvalue weighted by Crippen LogP contribution is 2.60. The molecular formula is C20H23N3S. The molecular weight excluding hydrogens is 314 g/mol. The zero-order valence-electron chi connectivity index (χ0n) is 14.1. The smallest absolute Gasteiger partial charge is 0.194 e. The van der Waals surface area contributed by atoms with Gasteiger partial charge in [0, 0.05) is 30.2 Å². The highest BCUT2D eigenvalue weighted by molar-refractivity contribution is 7.15. The number of hydrogen-bond acceptors (Lipinski definition) is 2. The Balaban J connectivity index is 1.48. The van der Waals surface area contributed by atoms with Gasteiger partial charge in [-0.2, -0.15) is 0 Å². The number of nitrogens with zero attached hydrogens (tertiary/aromatic N) is 3. The summed E-state index contributed by atoms with van der Waals surface area (Å²) < 4.78 is 4.54. The van der Waals surface area contributed by atoms with E-state index in [1.54, 1.807) is 11.3 Å². The topological polar surface area (TPSA) is 22.2 Å². The van der Waals surface area contributed by atoms with Crippen molar-refractivity contribution in [3.8, 4) is 11.4 Å². The summed E-state index contributed by atoms with van der Waals surface area (Å²) in [6, 6.07) is 4.32. The first-order chi connectivity index (χ1) is 11.7. The number of hydrogen-bond donors (Lipinski definition) is 0. The molecule has 0 spiro atoms. The predicted octanol–water partition coefficient (Wildman–Crippen LogP) is 4.87. The lowest BCUT2D eigenvalue weighted by Gasteiger charge is -2.56. The van der Waals surface area contributed by atoms with Crippen LogP contribution in [0.5, 0.6) is 0 Å². The highest BCUT2D eigenvalue weighted by atomic mass is 32.1. The molecule has 3 nitrogen and oxygen atoms in total. The van der Waals surface area contributed by atoms with Gasteiger partial charge in [-0.3, -0.25) is 4.40 Å². The molecule has 3 heterocycles. The van der Waals surface area contributed by atoms with Crippen LogP contribution < -0.4 is 0 Å². The first kappa shape index (κ1) is 13.7. The molecule has 7 rings (SSSR count). The Labute approximate surface area is 146 Å². The van der Waals surface area contributed by atoms with Crippen LogP contribution >= 0.6 is 11.3 Å². The highest BCUT2D eigenvalue weighted by Gasteiger charge is 2.52. The molecule has 0 atom stereocenters. The van der Waals surface area contributed by atoms with Crippen LogP contribution in [0.1, 0.15) is 44.2 Å². The van der Waals surface area contributed by atoms with E-state index in [9.17, 15) is 0 Å². The first-order valence-electron chi connectivity index (χ1n) is 9.29. The van der Waals surface area contributed by atoms with Gasteiger partial charge in [-0.15, -0.1) is 11.3 Å². The third kappa shape index (κ3) is 1.75.